The Hall–Kier alpha value is -8.80. The van der Waals surface area contributed by atoms with Crippen LogP contribution in [0.25, 0.3) is 0 Å². The molecule has 0 atom stereocenters. The number of Topliss-reactive ketones (excluding diaryl/α,β-unsaturated/α-hetero) is 2. The van der Waals surface area contributed by atoms with Gasteiger partial charge in [-0.05, 0) is 170 Å². The van der Waals surface area contributed by atoms with Crippen molar-refractivity contribution in [1.29, 1.82) is 0 Å². The van der Waals surface area contributed by atoms with Crippen LogP contribution in [-0.2, 0) is 82.3 Å². The summed E-state index contributed by atoms with van der Waals surface area (Å²) in [5.41, 5.74) is 9.86. The van der Waals surface area contributed by atoms with Gasteiger partial charge in [0.15, 0.2) is 11.6 Å². The number of rotatable bonds is 38. The van der Waals surface area contributed by atoms with E-state index >= 15 is 4.79 Å². The van der Waals surface area contributed by atoms with Crippen LogP contribution in [0.4, 0.5) is 0 Å². The average Bonchev–Trinajstić information content (AvgIpc) is 0.777. The lowest BCUT2D eigenvalue weighted by Gasteiger charge is -2.40. The molecule has 0 saturated heterocycles. The summed E-state index contributed by atoms with van der Waals surface area (Å²) in [6.07, 6.45) is 18.7. The third-order valence-electron chi connectivity index (χ3n) is 19.9. The van der Waals surface area contributed by atoms with E-state index in [0.29, 0.717) is 145 Å². The number of pyridine rings is 4. The first-order chi connectivity index (χ1) is 50.4. The molecule has 2 fully saturated rings. The molecule has 5 aromatic carbocycles. The van der Waals surface area contributed by atoms with Gasteiger partial charge >= 0.3 is 0 Å². The average molecular weight is 1420 g/mol. The smallest absolute Gasteiger partial charge is 0.233 e. The Morgan fingerprint density at radius 3 is 1.23 bits per heavy atom. The number of ketones is 2. The molecule has 0 unspecified atom stereocenters. The maximum atomic E-state index is 15.5. The zero-order chi connectivity index (χ0) is 71.5. The maximum Gasteiger partial charge on any atom is 0.233 e. The monoisotopic (exact) mass is 1420 g/mol. The van der Waals surface area contributed by atoms with Gasteiger partial charge in [-0.3, -0.25) is 48.9 Å². The first kappa shape index (κ1) is 75.4. The van der Waals surface area contributed by atoms with E-state index in [1.54, 1.807) is 6.92 Å². The van der Waals surface area contributed by atoms with Crippen molar-refractivity contribution in [2.24, 2.45) is 0 Å². The molecule has 15 nitrogen and oxygen atoms in total. The molecule has 2 aliphatic rings. The van der Waals surface area contributed by atoms with Gasteiger partial charge in [0, 0.05) is 124 Å². The summed E-state index contributed by atoms with van der Waals surface area (Å²) in [6, 6.07) is 61.5. The van der Waals surface area contributed by atoms with Crippen molar-refractivity contribution in [1.82, 2.24) is 39.5 Å². The molecule has 2 aliphatic carbocycles. The van der Waals surface area contributed by atoms with Gasteiger partial charge in [-0.25, -0.2) is 0 Å². The molecule has 0 bridgehead atoms. The van der Waals surface area contributed by atoms with Gasteiger partial charge in [-0.2, -0.15) is 0 Å². The summed E-state index contributed by atoms with van der Waals surface area (Å²) in [7, 11) is 0. The minimum atomic E-state index is -0.687. The summed E-state index contributed by atoms with van der Waals surface area (Å²) in [6.45, 7) is 8.81. The van der Waals surface area contributed by atoms with Gasteiger partial charge in [0.05, 0.1) is 60.0 Å². The fourth-order valence-corrected chi connectivity index (χ4v) is 14.8. The van der Waals surface area contributed by atoms with Crippen LogP contribution < -0.4 is 4.74 Å². The third kappa shape index (κ3) is 22.1. The lowest BCUT2D eigenvalue weighted by atomic mass is 9.68. The van der Waals surface area contributed by atoms with Gasteiger partial charge in [0.1, 0.15) is 5.75 Å². The zero-order valence-electron chi connectivity index (χ0n) is 59.4. The van der Waals surface area contributed by atoms with Crippen LogP contribution in [0.2, 0.25) is 10.0 Å². The minimum Gasteiger partial charge on any atom is -0.494 e. The summed E-state index contributed by atoms with van der Waals surface area (Å²) in [5, 5.41) is 1.27. The molecule has 4 aromatic heterocycles. The first-order valence-electron chi connectivity index (χ1n) is 36.6. The molecule has 103 heavy (non-hydrogen) atoms. The Morgan fingerprint density at radius 2 is 0.816 bits per heavy atom. The maximum absolute atomic E-state index is 15.5. The number of hydrogen-bond acceptors (Lipinski definition) is 13. The topological polar surface area (TPSA) is 160 Å². The molecule has 2 amide bonds. The second-order valence-corrected chi connectivity index (χ2v) is 28.4. The predicted octanol–water partition coefficient (Wildman–Crippen LogP) is 17.2. The Bertz CT molecular complexity index is 3900. The third-order valence-corrected chi connectivity index (χ3v) is 20.4. The van der Waals surface area contributed by atoms with E-state index in [-0.39, 0.29) is 23.4 Å². The van der Waals surface area contributed by atoms with Crippen LogP contribution in [0.3, 0.4) is 0 Å². The van der Waals surface area contributed by atoms with E-state index in [0.717, 1.165) is 126 Å². The quantitative estimate of drug-likeness (QED) is 0.0266. The molecular weight excluding hydrogens is 1330 g/mol. The van der Waals surface area contributed by atoms with Gasteiger partial charge in [-0.15, -0.1) is 0 Å². The normalized spacial score (nSPS) is 14.1. The summed E-state index contributed by atoms with van der Waals surface area (Å²) in [5.74, 6) is 0.983. The van der Waals surface area contributed by atoms with Crippen molar-refractivity contribution < 1.29 is 33.4 Å². The highest BCUT2D eigenvalue weighted by Gasteiger charge is 2.45. The van der Waals surface area contributed by atoms with Gasteiger partial charge in [-0.1, -0.05) is 165 Å². The molecule has 4 heterocycles. The molecule has 2 saturated carbocycles. The molecule has 0 spiro atoms. The lowest BCUT2D eigenvalue weighted by Crippen LogP contribution is -2.48. The second-order valence-electron chi connectivity index (χ2n) is 27.6. The fraction of sp³-hybridized carbons (Fsp3) is 0.372. The van der Waals surface area contributed by atoms with Gasteiger partial charge in [0.2, 0.25) is 11.8 Å². The van der Waals surface area contributed by atoms with E-state index < -0.39 is 10.8 Å². The van der Waals surface area contributed by atoms with E-state index in [1.165, 1.54) is 0 Å². The molecule has 536 valence electrons. The van der Waals surface area contributed by atoms with E-state index in [4.69, 9.17) is 57.3 Å². The van der Waals surface area contributed by atoms with E-state index in [9.17, 15) is 14.4 Å². The Labute approximate surface area is 618 Å². The number of carbonyl (C=O) groups excluding carboxylic acids is 4. The zero-order valence-corrected chi connectivity index (χ0v) is 60.9. The molecule has 9 aromatic rings. The van der Waals surface area contributed by atoms with Crippen LogP contribution in [0, 0.1) is 0 Å². The summed E-state index contributed by atoms with van der Waals surface area (Å²) < 4.78 is 18.9. The number of carbonyl (C=O) groups is 4. The van der Waals surface area contributed by atoms with E-state index in [2.05, 4.69) is 52.3 Å². The predicted molar refractivity (Wildman–Crippen MR) is 405 cm³/mol. The van der Waals surface area contributed by atoms with Crippen LogP contribution in [0.5, 0.6) is 5.75 Å². The van der Waals surface area contributed by atoms with Gasteiger partial charge in [0.25, 0.3) is 0 Å². The molecular formula is C86H96Cl2N8O7. The number of aromatic nitrogens is 4. The Balaban J connectivity index is 0.716. The number of hydrogen-bond donors (Lipinski definition) is 0. The summed E-state index contributed by atoms with van der Waals surface area (Å²) in [4.78, 5) is 83.6. The Morgan fingerprint density at radius 1 is 0.398 bits per heavy atom. The number of halogens is 2. The van der Waals surface area contributed by atoms with E-state index in [1.807, 2.05) is 180 Å². The number of benzene rings is 5. The number of amides is 2. The van der Waals surface area contributed by atoms with Gasteiger partial charge < -0.3 is 24.0 Å². The number of ether oxygens (including phenoxy) is 3. The Kier molecular flexibility index (Phi) is 28.3. The van der Waals surface area contributed by atoms with Crippen LogP contribution in [0.1, 0.15) is 174 Å². The highest BCUT2D eigenvalue weighted by molar-refractivity contribution is 6.30. The summed E-state index contributed by atoms with van der Waals surface area (Å²) >= 11 is 12.8. The highest BCUT2D eigenvalue weighted by Crippen LogP contribution is 2.44. The molecule has 11 rings (SSSR count). The fourth-order valence-electron chi connectivity index (χ4n) is 14.6. The molecule has 0 aliphatic heterocycles. The highest BCUT2D eigenvalue weighted by atomic mass is 35.5. The van der Waals surface area contributed by atoms with Crippen molar-refractivity contribution in [2.75, 3.05) is 46.1 Å². The van der Waals surface area contributed by atoms with Crippen molar-refractivity contribution >= 4 is 46.6 Å². The second kappa shape index (κ2) is 38.6. The van der Waals surface area contributed by atoms with Crippen molar-refractivity contribution in [2.45, 2.75) is 160 Å². The van der Waals surface area contributed by atoms with Crippen LogP contribution >= 0.6 is 23.2 Å². The molecule has 17 heteroatoms. The first-order valence-corrected chi connectivity index (χ1v) is 37.4. The largest absolute Gasteiger partial charge is 0.494 e. The minimum absolute atomic E-state index is 0.00526. The van der Waals surface area contributed by atoms with Crippen molar-refractivity contribution in [3.8, 4) is 5.75 Å². The SMILES string of the molecule is CC(=O)c1ccc(CN(CCOCCOCCCC(=O)c2ccc(CN(CCCCOc3cc(CN(Cc4ccccn4)Cc4ccccn4)cc(CN(Cc4ccccn4)Cc4ccccn4)c3)C(=O)C3(c4ccc(Cl)cc4)CCCCC3)cc2)C(=O)C2(c3ccc(Cl)cc3)CCCCC2)cc1. The standard InChI is InChI=1S/C86H96Cl2N8O7/c1-66(97)71-28-24-67(25-29-71)61-96(84(100)86(42-10-3-11-43-86)74-34-38-76(88)39-35-74)49-52-102-54-53-101-50-18-23-82(98)72-30-26-68(27-31-72)60-95(83(99)85(40-8-2-9-41-85)73-32-36-75(87)37-33-73)48-16-17-51-103-81-56-69(58-93(62-77-19-4-12-44-89-77)63-78-20-5-13-45-90-78)55-70(57-81)59-94(64-79-21-6-14-46-91-79)65-80-22-7-15-47-92-80/h4-7,12-15,19-22,24-39,44-47,55-57H,2-3,8-11,16-18,23,40-43,48-54,58-65H2,1H3. The lowest BCUT2D eigenvalue weighted by molar-refractivity contribution is -0.141. The molecule has 0 radical (unpaired) electrons. The number of nitrogens with zero attached hydrogens (tertiary/aromatic N) is 8. The van der Waals surface area contributed by atoms with Crippen molar-refractivity contribution in [3.63, 3.8) is 0 Å². The number of unbranched alkanes of at least 4 members (excludes halogenated alkanes) is 1. The van der Waals surface area contributed by atoms with Crippen molar-refractivity contribution in [3.05, 3.63) is 290 Å². The van der Waals surface area contributed by atoms with Crippen LogP contribution in [-0.4, -0.2) is 109 Å². The van der Waals surface area contributed by atoms with Crippen LogP contribution in [0.15, 0.2) is 213 Å². The molecule has 0 N–H and O–H groups in total.